The largest absolute Gasteiger partial charge is 0.497 e. The van der Waals surface area contributed by atoms with Gasteiger partial charge in [-0.2, -0.15) is 0 Å². The third-order valence-corrected chi connectivity index (χ3v) is 5.16. The Morgan fingerprint density at radius 2 is 1.81 bits per heavy atom. The summed E-state index contributed by atoms with van der Waals surface area (Å²) in [6.45, 7) is 0.608. The lowest BCUT2D eigenvalue weighted by Gasteiger charge is -2.21. The normalized spacial score (nSPS) is 13.8. The number of nitrogens with zero attached hydrogens (tertiary/aromatic N) is 2. The summed E-state index contributed by atoms with van der Waals surface area (Å²) in [6, 6.07) is 11.1. The van der Waals surface area contributed by atoms with Crippen LogP contribution >= 0.6 is 0 Å². The monoisotopic (exact) mass is 448 g/mol. The first-order valence-corrected chi connectivity index (χ1v) is 11.3. The fourth-order valence-corrected chi connectivity index (χ4v) is 3.76. The molecule has 2 N–H and O–H groups in total. The molecule has 0 atom stereocenters. The first kappa shape index (κ1) is 22.2. The van der Waals surface area contributed by atoms with Crippen LogP contribution in [0.1, 0.15) is 0 Å². The van der Waals surface area contributed by atoms with Gasteiger partial charge in [-0.05, 0) is 30.3 Å². The molecule has 3 rings (SSSR count). The summed E-state index contributed by atoms with van der Waals surface area (Å²) in [7, 11) is -0.378. The minimum Gasteiger partial charge on any atom is -0.497 e. The average molecular weight is 449 g/mol. The lowest BCUT2D eigenvalue weighted by atomic mass is 10.2. The molecule has 166 valence electrons. The van der Waals surface area contributed by atoms with Crippen LogP contribution in [0.25, 0.3) is 0 Å². The molecular weight excluding hydrogens is 424 g/mol. The number of benzene rings is 2. The zero-order valence-corrected chi connectivity index (χ0v) is 18.2. The highest BCUT2D eigenvalue weighted by Crippen LogP contribution is 2.34. The van der Waals surface area contributed by atoms with Crippen LogP contribution in [0.3, 0.4) is 0 Å². The highest BCUT2D eigenvalue weighted by atomic mass is 32.2. The number of sulfonamides is 1. The van der Waals surface area contributed by atoms with Gasteiger partial charge in [-0.15, -0.1) is 0 Å². The molecule has 0 aromatic heterocycles. The Labute approximate surface area is 180 Å². The number of carbonyl (C=O) groups is 2. The smallest absolute Gasteiger partial charge is 0.325 e. The number of carbonyl (C=O) groups excluding carboxylic acids is 2. The van der Waals surface area contributed by atoms with Gasteiger partial charge in [0.25, 0.3) is 0 Å². The molecule has 0 radical (unpaired) electrons. The van der Waals surface area contributed by atoms with Crippen LogP contribution in [0, 0.1) is 0 Å². The van der Waals surface area contributed by atoms with Gasteiger partial charge in [0.15, 0.2) is 0 Å². The summed E-state index contributed by atoms with van der Waals surface area (Å²) >= 11 is 0. The molecule has 1 heterocycles. The van der Waals surface area contributed by atoms with Gasteiger partial charge >= 0.3 is 6.03 Å². The van der Waals surface area contributed by atoms with Crippen LogP contribution in [0.5, 0.6) is 11.5 Å². The summed E-state index contributed by atoms with van der Waals surface area (Å²) in [5.41, 5.74) is 1.31. The van der Waals surface area contributed by atoms with Crippen LogP contribution in [0.15, 0.2) is 42.5 Å². The Hall–Kier alpha value is -3.47. The van der Waals surface area contributed by atoms with E-state index in [0.29, 0.717) is 41.7 Å². The van der Waals surface area contributed by atoms with E-state index >= 15 is 0 Å². The molecule has 0 saturated carbocycles. The molecule has 1 aliphatic heterocycles. The van der Waals surface area contributed by atoms with Crippen molar-refractivity contribution in [1.82, 2.24) is 4.90 Å². The van der Waals surface area contributed by atoms with Crippen molar-refractivity contribution in [1.29, 1.82) is 0 Å². The lowest BCUT2D eigenvalue weighted by molar-refractivity contribution is -0.116. The Morgan fingerprint density at radius 3 is 2.48 bits per heavy atom. The Kier molecular flexibility index (Phi) is 6.54. The third-order valence-electron chi connectivity index (χ3n) is 4.56. The number of rotatable bonds is 8. The second-order valence-corrected chi connectivity index (χ2v) is 8.65. The topological polar surface area (TPSA) is 117 Å². The van der Waals surface area contributed by atoms with Gasteiger partial charge in [0.1, 0.15) is 18.0 Å². The van der Waals surface area contributed by atoms with Crippen molar-refractivity contribution < 1.29 is 27.5 Å². The maximum absolute atomic E-state index is 12.9. The highest BCUT2D eigenvalue weighted by Gasteiger charge is 2.32. The quantitative estimate of drug-likeness (QED) is 0.638. The summed E-state index contributed by atoms with van der Waals surface area (Å²) in [5.74, 6) is 0.710. The van der Waals surface area contributed by atoms with Gasteiger partial charge in [0, 0.05) is 24.8 Å². The molecule has 2 aromatic rings. The average Bonchev–Trinajstić information content (AvgIpc) is 3.06. The minimum absolute atomic E-state index is 0.147. The first-order chi connectivity index (χ1) is 14.7. The molecule has 1 fully saturated rings. The van der Waals surface area contributed by atoms with Gasteiger partial charge in [0.05, 0.1) is 31.9 Å². The molecule has 3 amide bonds. The Morgan fingerprint density at radius 1 is 1.06 bits per heavy atom. The SMILES string of the molecule is COc1ccc(OC)c(N2CCN(CC(=O)Nc3cccc(NS(C)(=O)=O)c3)C2=O)c1. The molecule has 1 aliphatic rings. The number of urea groups is 1. The van der Waals surface area contributed by atoms with E-state index in [-0.39, 0.29) is 12.6 Å². The molecule has 1 saturated heterocycles. The zero-order chi connectivity index (χ0) is 22.6. The lowest BCUT2D eigenvalue weighted by Crippen LogP contribution is -2.37. The molecular formula is C20H24N4O6S. The van der Waals surface area contributed by atoms with E-state index in [1.807, 2.05) is 0 Å². The van der Waals surface area contributed by atoms with Crippen LogP contribution in [-0.2, 0) is 14.8 Å². The summed E-state index contributed by atoms with van der Waals surface area (Å²) in [5, 5.41) is 2.68. The fraction of sp³-hybridized carbons (Fsp3) is 0.300. The number of hydrogen-bond donors (Lipinski definition) is 2. The fourth-order valence-electron chi connectivity index (χ4n) is 3.21. The number of hydrogen-bond acceptors (Lipinski definition) is 6. The van der Waals surface area contributed by atoms with E-state index in [1.54, 1.807) is 36.4 Å². The van der Waals surface area contributed by atoms with E-state index in [1.165, 1.54) is 30.1 Å². The molecule has 0 aliphatic carbocycles. The molecule has 0 unspecified atom stereocenters. The number of ether oxygens (including phenoxy) is 2. The van der Waals surface area contributed by atoms with Crippen molar-refractivity contribution in [3.63, 3.8) is 0 Å². The summed E-state index contributed by atoms with van der Waals surface area (Å²) < 4.78 is 35.7. The summed E-state index contributed by atoms with van der Waals surface area (Å²) in [4.78, 5) is 28.3. The van der Waals surface area contributed by atoms with E-state index in [4.69, 9.17) is 9.47 Å². The summed E-state index contributed by atoms with van der Waals surface area (Å²) in [6.07, 6.45) is 1.04. The van der Waals surface area contributed by atoms with Gasteiger partial charge in [0.2, 0.25) is 15.9 Å². The highest BCUT2D eigenvalue weighted by molar-refractivity contribution is 7.92. The van der Waals surface area contributed by atoms with Crippen molar-refractivity contribution in [2.24, 2.45) is 0 Å². The maximum atomic E-state index is 12.9. The van der Waals surface area contributed by atoms with Crippen molar-refractivity contribution >= 4 is 39.0 Å². The number of amides is 3. The van der Waals surface area contributed by atoms with Crippen molar-refractivity contribution in [2.45, 2.75) is 0 Å². The second kappa shape index (κ2) is 9.13. The zero-order valence-electron chi connectivity index (χ0n) is 17.4. The Bertz CT molecular complexity index is 1090. The first-order valence-electron chi connectivity index (χ1n) is 9.36. The predicted molar refractivity (Wildman–Crippen MR) is 117 cm³/mol. The van der Waals surface area contributed by atoms with Gasteiger partial charge in [-0.3, -0.25) is 14.4 Å². The van der Waals surface area contributed by atoms with E-state index in [9.17, 15) is 18.0 Å². The number of methoxy groups -OCH3 is 2. The van der Waals surface area contributed by atoms with Crippen molar-refractivity contribution in [3.05, 3.63) is 42.5 Å². The predicted octanol–water partition coefficient (Wildman–Crippen LogP) is 1.96. The molecule has 0 spiro atoms. The van der Waals surface area contributed by atoms with Gasteiger partial charge in [-0.1, -0.05) is 6.07 Å². The molecule has 11 heteroatoms. The molecule has 2 aromatic carbocycles. The maximum Gasteiger partial charge on any atom is 0.325 e. The standard InChI is InChI=1S/C20H24N4O6S/c1-29-16-7-8-18(30-2)17(12-16)24-10-9-23(20(24)26)13-19(25)21-14-5-4-6-15(11-14)22-31(3,27)28/h4-8,11-12,22H,9-10,13H2,1-3H3,(H,21,25). The van der Waals surface area contributed by atoms with Crippen LogP contribution < -0.4 is 24.4 Å². The van der Waals surface area contributed by atoms with Gasteiger partial charge in [-0.25, -0.2) is 13.2 Å². The van der Waals surface area contributed by atoms with Crippen LogP contribution in [-0.4, -0.2) is 65.4 Å². The number of nitrogens with one attached hydrogen (secondary N) is 2. The second-order valence-electron chi connectivity index (χ2n) is 6.90. The van der Waals surface area contributed by atoms with E-state index in [0.717, 1.165) is 6.26 Å². The van der Waals surface area contributed by atoms with Crippen LogP contribution in [0.2, 0.25) is 0 Å². The van der Waals surface area contributed by atoms with E-state index < -0.39 is 15.9 Å². The third kappa shape index (κ3) is 5.57. The molecule has 10 nitrogen and oxygen atoms in total. The Balaban J connectivity index is 1.66. The number of anilines is 3. The van der Waals surface area contributed by atoms with Crippen molar-refractivity contribution in [3.8, 4) is 11.5 Å². The van der Waals surface area contributed by atoms with Crippen molar-refractivity contribution in [2.75, 3.05) is 55.0 Å². The molecule has 31 heavy (non-hydrogen) atoms. The van der Waals surface area contributed by atoms with Crippen LogP contribution in [0.4, 0.5) is 21.9 Å². The van der Waals surface area contributed by atoms with E-state index in [2.05, 4.69) is 10.0 Å². The minimum atomic E-state index is -3.43. The van der Waals surface area contributed by atoms with Gasteiger partial charge < -0.3 is 19.7 Å². The molecule has 0 bridgehead atoms.